The Morgan fingerprint density at radius 3 is 2.57 bits per heavy atom. The Hall–Kier alpha value is -1.16. The van der Waals surface area contributed by atoms with Crippen molar-refractivity contribution < 1.29 is 4.39 Å². The van der Waals surface area contributed by atoms with Gasteiger partial charge in [-0.2, -0.15) is 0 Å². The highest BCUT2D eigenvalue weighted by molar-refractivity contribution is 5.43. The molecule has 0 atom stereocenters. The minimum absolute atomic E-state index is 0.169. The fraction of sp³-hybridized carbons (Fsp3) is 0.706. The Morgan fingerprint density at radius 1 is 1.29 bits per heavy atom. The van der Waals surface area contributed by atoms with E-state index in [-0.39, 0.29) is 5.82 Å². The lowest BCUT2D eigenvalue weighted by Gasteiger charge is -2.29. The lowest BCUT2D eigenvalue weighted by Crippen LogP contribution is -2.33. The molecule has 21 heavy (non-hydrogen) atoms. The summed E-state index contributed by atoms with van der Waals surface area (Å²) < 4.78 is 14.7. The molecule has 118 valence electrons. The summed E-state index contributed by atoms with van der Waals surface area (Å²) in [4.78, 5) is 6.35. The predicted molar refractivity (Wildman–Crippen MR) is 86.1 cm³/mol. The number of halogens is 1. The Kier molecular flexibility index (Phi) is 5.97. The summed E-state index contributed by atoms with van der Waals surface area (Å²) in [6, 6.07) is 2.54. The second kappa shape index (κ2) is 7.74. The van der Waals surface area contributed by atoms with Crippen LogP contribution in [0.2, 0.25) is 0 Å². The number of aromatic nitrogens is 1. The molecule has 1 aromatic rings. The van der Waals surface area contributed by atoms with Gasteiger partial charge < -0.3 is 10.2 Å². The van der Waals surface area contributed by atoms with Gasteiger partial charge >= 0.3 is 0 Å². The molecule has 0 spiro atoms. The zero-order valence-corrected chi connectivity index (χ0v) is 13.5. The molecule has 1 N–H and O–H groups in total. The average molecular weight is 293 g/mol. The average Bonchev–Trinajstić information content (AvgIpc) is 2.74. The molecule has 1 fully saturated rings. The first kappa shape index (κ1) is 16.2. The maximum atomic E-state index is 14.7. The molecule has 1 heterocycles. The van der Waals surface area contributed by atoms with Gasteiger partial charge in [0.1, 0.15) is 0 Å². The van der Waals surface area contributed by atoms with Crippen LogP contribution in [0.3, 0.4) is 0 Å². The molecule has 0 radical (unpaired) electrons. The molecule has 1 aliphatic rings. The zero-order valence-electron chi connectivity index (χ0n) is 13.5. The molecule has 4 heteroatoms. The summed E-state index contributed by atoms with van der Waals surface area (Å²) in [5.74, 6) is 0.336. The van der Waals surface area contributed by atoms with E-state index in [9.17, 15) is 4.39 Å². The highest BCUT2D eigenvalue weighted by Crippen LogP contribution is 2.27. The second-order valence-corrected chi connectivity index (χ2v) is 6.40. The molecule has 3 nitrogen and oxygen atoms in total. The Balaban J connectivity index is 2.12. The van der Waals surface area contributed by atoms with Gasteiger partial charge in [-0.3, -0.25) is 0 Å². The van der Waals surface area contributed by atoms with Crippen LogP contribution in [0.4, 0.5) is 10.2 Å². The van der Waals surface area contributed by atoms with E-state index in [1.165, 1.54) is 25.7 Å². The molecule has 1 aliphatic carbocycles. The monoisotopic (exact) mass is 293 g/mol. The van der Waals surface area contributed by atoms with Crippen LogP contribution in [0.1, 0.15) is 57.9 Å². The van der Waals surface area contributed by atoms with E-state index in [1.54, 1.807) is 12.3 Å². The topological polar surface area (TPSA) is 28.2 Å². The molecule has 0 unspecified atom stereocenters. The molecule has 0 aromatic carbocycles. The maximum absolute atomic E-state index is 14.7. The second-order valence-electron chi connectivity index (χ2n) is 6.40. The third kappa shape index (κ3) is 4.40. The highest BCUT2D eigenvalue weighted by atomic mass is 19.1. The van der Waals surface area contributed by atoms with Gasteiger partial charge in [-0.15, -0.1) is 0 Å². The maximum Gasteiger partial charge on any atom is 0.170 e. The van der Waals surface area contributed by atoms with Gasteiger partial charge in [0.05, 0.1) is 0 Å². The lowest BCUT2D eigenvalue weighted by molar-refractivity contribution is 0.519. The lowest BCUT2D eigenvalue weighted by atomic mass is 10.1. The normalized spacial score (nSPS) is 17.0. The predicted octanol–water partition coefficient (Wildman–Crippen LogP) is 3.88. The fourth-order valence-corrected chi connectivity index (χ4v) is 2.99. The zero-order chi connectivity index (χ0) is 15.2. The minimum atomic E-state index is -0.169. The van der Waals surface area contributed by atoms with Crippen molar-refractivity contribution in [2.24, 2.45) is 0 Å². The van der Waals surface area contributed by atoms with Crippen LogP contribution in [0.5, 0.6) is 0 Å². The van der Waals surface area contributed by atoms with Crippen molar-refractivity contribution in [1.82, 2.24) is 10.3 Å². The van der Waals surface area contributed by atoms with Gasteiger partial charge in [-0.1, -0.05) is 39.5 Å². The van der Waals surface area contributed by atoms with Crippen molar-refractivity contribution in [3.63, 3.8) is 0 Å². The van der Waals surface area contributed by atoms with E-state index < -0.39 is 0 Å². The van der Waals surface area contributed by atoms with Gasteiger partial charge in [0.25, 0.3) is 0 Å². The minimum Gasteiger partial charge on any atom is -0.354 e. The Morgan fingerprint density at radius 2 is 1.95 bits per heavy atom. The molecular formula is C17H28FN3. The van der Waals surface area contributed by atoms with Gasteiger partial charge in [-0.05, 0) is 18.9 Å². The van der Waals surface area contributed by atoms with Crippen LogP contribution < -0.4 is 10.2 Å². The number of nitrogens with one attached hydrogen (secondary N) is 1. The number of pyridine rings is 1. The van der Waals surface area contributed by atoms with Crippen LogP contribution in [-0.2, 0) is 6.54 Å². The third-order valence-corrected chi connectivity index (χ3v) is 4.36. The molecule has 2 rings (SSSR count). The van der Waals surface area contributed by atoms with E-state index in [0.29, 0.717) is 30.0 Å². The number of nitrogens with zero attached hydrogens (tertiary/aromatic N) is 2. The SMILES string of the molecule is CC(C)NCc1ccnc(N(C)C2CCCCCC2)c1F. The van der Waals surface area contributed by atoms with Crippen molar-refractivity contribution in [1.29, 1.82) is 0 Å². The van der Waals surface area contributed by atoms with Crippen molar-refractivity contribution in [2.45, 2.75) is 71.0 Å². The van der Waals surface area contributed by atoms with Gasteiger partial charge in [0.15, 0.2) is 11.6 Å². The van der Waals surface area contributed by atoms with Crippen LogP contribution in [0.25, 0.3) is 0 Å². The quantitative estimate of drug-likeness (QED) is 0.835. The summed E-state index contributed by atoms with van der Waals surface area (Å²) in [7, 11) is 1.99. The third-order valence-electron chi connectivity index (χ3n) is 4.36. The molecule has 0 aliphatic heterocycles. The number of rotatable bonds is 5. The van der Waals surface area contributed by atoms with E-state index in [1.807, 2.05) is 7.05 Å². The van der Waals surface area contributed by atoms with Crippen molar-refractivity contribution in [3.05, 3.63) is 23.6 Å². The van der Waals surface area contributed by atoms with Gasteiger partial charge in [-0.25, -0.2) is 9.37 Å². The molecule has 0 bridgehead atoms. The van der Waals surface area contributed by atoms with Crippen LogP contribution in [0.15, 0.2) is 12.3 Å². The van der Waals surface area contributed by atoms with Crippen molar-refractivity contribution in [2.75, 3.05) is 11.9 Å². The number of anilines is 1. The van der Waals surface area contributed by atoms with Crippen molar-refractivity contribution in [3.8, 4) is 0 Å². The molecular weight excluding hydrogens is 265 g/mol. The number of hydrogen-bond donors (Lipinski definition) is 1. The Bertz CT molecular complexity index is 440. The molecule has 0 saturated heterocycles. The first-order chi connectivity index (χ1) is 10.1. The Labute approximate surface area is 127 Å². The number of hydrogen-bond acceptors (Lipinski definition) is 3. The van der Waals surface area contributed by atoms with E-state index in [0.717, 1.165) is 12.8 Å². The summed E-state index contributed by atoms with van der Waals surface area (Å²) in [6.45, 7) is 4.69. The van der Waals surface area contributed by atoms with E-state index >= 15 is 0 Å². The van der Waals surface area contributed by atoms with Crippen LogP contribution >= 0.6 is 0 Å². The van der Waals surface area contributed by atoms with Gasteiger partial charge in [0, 0.05) is 37.4 Å². The van der Waals surface area contributed by atoms with Crippen LogP contribution in [0, 0.1) is 5.82 Å². The van der Waals surface area contributed by atoms with E-state index in [4.69, 9.17) is 0 Å². The fourth-order valence-electron chi connectivity index (χ4n) is 2.99. The van der Waals surface area contributed by atoms with Crippen molar-refractivity contribution >= 4 is 5.82 Å². The van der Waals surface area contributed by atoms with E-state index in [2.05, 4.69) is 29.0 Å². The largest absolute Gasteiger partial charge is 0.354 e. The standard InChI is InChI=1S/C17H28FN3/c1-13(2)20-12-14-10-11-19-17(16(14)18)21(3)15-8-6-4-5-7-9-15/h10-11,13,15,20H,4-9,12H2,1-3H3. The highest BCUT2D eigenvalue weighted by Gasteiger charge is 2.21. The first-order valence-corrected chi connectivity index (χ1v) is 8.19. The summed E-state index contributed by atoms with van der Waals surface area (Å²) in [5, 5.41) is 3.27. The first-order valence-electron chi connectivity index (χ1n) is 8.19. The molecule has 0 amide bonds. The van der Waals surface area contributed by atoms with Gasteiger partial charge in [0.2, 0.25) is 0 Å². The summed E-state index contributed by atoms with van der Waals surface area (Å²) in [5.41, 5.74) is 0.703. The molecule has 1 saturated carbocycles. The molecule has 1 aromatic heterocycles. The summed E-state index contributed by atoms with van der Waals surface area (Å²) >= 11 is 0. The van der Waals surface area contributed by atoms with Crippen LogP contribution in [-0.4, -0.2) is 24.1 Å². The summed E-state index contributed by atoms with van der Waals surface area (Å²) in [6.07, 6.45) is 9.11. The smallest absolute Gasteiger partial charge is 0.170 e.